The summed E-state index contributed by atoms with van der Waals surface area (Å²) in [6.07, 6.45) is 0.974. The maximum atomic E-state index is 12.1. The number of carbonyl (C=O) groups is 1. The van der Waals surface area contributed by atoms with Crippen LogP contribution in [0, 0.1) is 0 Å². The van der Waals surface area contributed by atoms with E-state index in [0.29, 0.717) is 6.61 Å². The van der Waals surface area contributed by atoms with Crippen molar-refractivity contribution in [2.45, 2.75) is 18.6 Å². The van der Waals surface area contributed by atoms with Crippen LogP contribution in [0.5, 0.6) is 11.5 Å². The molecule has 1 aliphatic rings. The number of ether oxygens (including phenoxy) is 2. The lowest BCUT2D eigenvalue weighted by Gasteiger charge is -2.24. The zero-order valence-corrected chi connectivity index (χ0v) is 13.3. The second-order valence-corrected chi connectivity index (χ2v) is 6.24. The van der Waals surface area contributed by atoms with Gasteiger partial charge in [-0.3, -0.25) is 4.79 Å². The summed E-state index contributed by atoms with van der Waals surface area (Å²) < 4.78 is 11.1. The number of carbonyl (C=O) groups excluding carboxylic acids is 1. The van der Waals surface area contributed by atoms with Crippen LogP contribution in [-0.2, 0) is 16.0 Å². The van der Waals surface area contributed by atoms with Crippen molar-refractivity contribution in [2.75, 3.05) is 12.4 Å². The van der Waals surface area contributed by atoms with Crippen molar-refractivity contribution in [3.8, 4) is 11.5 Å². The average Bonchev–Trinajstić information content (AvgIpc) is 2.55. The standard InChI is InChI=1S/C18H18O3S/c1-2-20-18(19)17-16-12-15(9-8-13(16)10-11-22-17)21-14-6-4-3-5-7-14/h3-9,12,17H,2,10-11H2,1H3. The molecule has 22 heavy (non-hydrogen) atoms. The van der Waals surface area contributed by atoms with Crippen LogP contribution in [-0.4, -0.2) is 18.3 Å². The van der Waals surface area contributed by atoms with E-state index in [-0.39, 0.29) is 11.2 Å². The Morgan fingerprint density at radius 2 is 2.00 bits per heavy atom. The molecular formula is C18H18O3S. The number of aryl methyl sites for hydroxylation is 1. The van der Waals surface area contributed by atoms with E-state index in [0.717, 1.165) is 29.2 Å². The fourth-order valence-electron chi connectivity index (χ4n) is 2.52. The molecular weight excluding hydrogens is 296 g/mol. The molecule has 3 nitrogen and oxygen atoms in total. The summed E-state index contributed by atoms with van der Waals surface area (Å²) in [4.78, 5) is 12.1. The molecule has 4 heteroatoms. The number of para-hydroxylation sites is 1. The van der Waals surface area contributed by atoms with Gasteiger partial charge in [0, 0.05) is 0 Å². The van der Waals surface area contributed by atoms with Gasteiger partial charge in [-0.1, -0.05) is 24.3 Å². The Hall–Kier alpha value is -1.94. The van der Waals surface area contributed by atoms with Crippen LogP contribution in [0.3, 0.4) is 0 Å². The van der Waals surface area contributed by atoms with Crippen LogP contribution >= 0.6 is 11.8 Å². The normalized spacial score (nSPS) is 16.7. The predicted octanol–water partition coefficient (Wildman–Crippen LogP) is 4.37. The Labute approximate surface area is 134 Å². The smallest absolute Gasteiger partial charge is 0.323 e. The van der Waals surface area contributed by atoms with Crippen LogP contribution in [0.15, 0.2) is 48.5 Å². The summed E-state index contributed by atoms with van der Waals surface area (Å²) >= 11 is 1.64. The predicted molar refractivity (Wildman–Crippen MR) is 88.5 cm³/mol. The third kappa shape index (κ3) is 3.28. The first-order valence-corrected chi connectivity index (χ1v) is 8.47. The molecule has 2 aromatic rings. The number of hydrogen-bond donors (Lipinski definition) is 0. The SMILES string of the molecule is CCOC(=O)C1SCCc2ccc(Oc3ccccc3)cc21. The van der Waals surface area contributed by atoms with E-state index in [1.165, 1.54) is 5.56 Å². The molecule has 0 N–H and O–H groups in total. The van der Waals surface area contributed by atoms with Crippen LogP contribution < -0.4 is 4.74 Å². The molecule has 0 saturated carbocycles. The molecule has 3 rings (SSSR count). The highest BCUT2D eigenvalue weighted by Crippen LogP contribution is 2.39. The first-order valence-electron chi connectivity index (χ1n) is 7.42. The summed E-state index contributed by atoms with van der Waals surface area (Å²) in [7, 11) is 0. The van der Waals surface area contributed by atoms with Crippen molar-refractivity contribution in [3.63, 3.8) is 0 Å². The van der Waals surface area contributed by atoms with Gasteiger partial charge in [-0.25, -0.2) is 0 Å². The fraction of sp³-hybridized carbons (Fsp3) is 0.278. The van der Waals surface area contributed by atoms with Gasteiger partial charge in [0.05, 0.1) is 6.61 Å². The van der Waals surface area contributed by atoms with Crippen molar-refractivity contribution in [3.05, 3.63) is 59.7 Å². The minimum Gasteiger partial charge on any atom is -0.465 e. The number of hydrogen-bond acceptors (Lipinski definition) is 4. The molecule has 0 radical (unpaired) electrons. The van der Waals surface area contributed by atoms with Gasteiger partial charge in [-0.2, -0.15) is 0 Å². The van der Waals surface area contributed by atoms with Gasteiger partial charge in [0.2, 0.25) is 0 Å². The minimum atomic E-state index is -0.247. The lowest BCUT2D eigenvalue weighted by atomic mass is 10.0. The van der Waals surface area contributed by atoms with Crippen molar-refractivity contribution < 1.29 is 14.3 Å². The maximum absolute atomic E-state index is 12.1. The van der Waals surface area contributed by atoms with Gasteiger partial charge in [0.1, 0.15) is 16.7 Å². The van der Waals surface area contributed by atoms with E-state index >= 15 is 0 Å². The molecule has 0 saturated heterocycles. The highest BCUT2D eigenvalue weighted by atomic mass is 32.2. The van der Waals surface area contributed by atoms with Crippen LogP contribution in [0.2, 0.25) is 0 Å². The summed E-state index contributed by atoms with van der Waals surface area (Å²) in [6.45, 7) is 2.24. The number of benzene rings is 2. The first kappa shape index (κ1) is 15.0. The van der Waals surface area contributed by atoms with E-state index < -0.39 is 0 Å². The Balaban J connectivity index is 1.87. The molecule has 0 spiro atoms. The average molecular weight is 314 g/mol. The van der Waals surface area contributed by atoms with Crippen LogP contribution in [0.4, 0.5) is 0 Å². The van der Waals surface area contributed by atoms with Crippen molar-refractivity contribution >= 4 is 17.7 Å². The third-order valence-electron chi connectivity index (χ3n) is 3.54. The van der Waals surface area contributed by atoms with Gasteiger partial charge in [-0.15, -0.1) is 11.8 Å². The highest BCUT2D eigenvalue weighted by molar-refractivity contribution is 8.00. The van der Waals surface area contributed by atoms with Gasteiger partial charge < -0.3 is 9.47 Å². The zero-order valence-electron chi connectivity index (χ0n) is 12.5. The highest BCUT2D eigenvalue weighted by Gasteiger charge is 2.28. The molecule has 0 amide bonds. The molecule has 114 valence electrons. The zero-order chi connectivity index (χ0) is 15.4. The first-order chi connectivity index (χ1) is 10.8. The van der Waals surface area contributed by atoms with E-state index in [1.54, 1.807) is 11.8 Å². The van der Waals surface area contributed by atoms with E-state index in [2.05, 4.69) is 6.07 Å². The Morgan fingerprint density at radius 1 is 1.18 bits per heavy atom. The van der Waals surface area contributed by atoms with Gasteiger partial charge >= 0.3 is 5.97 Å². The largest absolute Gasteiger partial charge is 0.465 e. The Kier molecular flexibility index (Phi) is 4.68. The monoisotopic (exact) mass is 314 g/mol. The molecule has 0 fully saturated rings. The summed E-state index contributed by atoms with van der Waals surface area (Å²) in [5.74, 6) is 2.32. The van der Waals surface area contributed by atoms with E-state index in [9.17, 15) is 4.79 Å². The molecule has 2 aromatic carbocycles. The number of rotatable bonds is 4. The molecule has 1 aliphatic heterocycles. The summed E-state index contributed by atoms with van der Waals surface area (Å²) in [5.41, 5.74) is 2.22. The Morgan fingerprint density at radius 3 is 2.77 bits per heavy atom. The van der Waals surface area contributed by atoms with Gasteiger partial charge in [0.25, 0.3) is 0 Å². The lowest BCUT2D eigenvalue weighted by molar-refractivity contribution is -0.142. The number of thioether (sulfide) groups is 1. The molecule has 1 atom stereocenters. The maximum Gasteiger partial charge on any atom is 0.323 e. The minimum absolute atomic E-state index is 0.162. The second kappa shape index (κ2) is 6.88. The molecule has 0 aliphatic carbocycles. The van der Waals surface area contributed by atoms with Crippen LogP contribution in [0.1, 0.15) is 23.3 Å². The fourth-order valence-corrected chi connectivity index (χ4v) is 3.70. The van der Waals surface area contributed by atoms with Gasteiger partial charge in [0.15, 0.2) is 0 Å². The van der Waals surface area contributed by atoms with E-state index in [4.69, 9.17) is 9.47 Å². The van der Waals surface area contributed by atoms with E-state index in [1.807, 2.05) is 49.4 Å². The van der Waals surface area contributed by atoms with Gasteiger partial charge in [-0.05, 0) is 54.5 Å². The molecule has 0 bridgehead atoms. The summed E-state index contributed by atoms with van der Waals surface area (Å²) in [5, 5.41) is -0.247. The summed E-state index contributed by atoms with van der Waals surface area (Å²) in [6, 6.07) is 15.6. The number of esters is 1. The molecule has 1 heterocycles. The van der Waals surface area contributed by atoms with Crippen molar-refractivity contribution in [1.82, 2.24) is 0 Å². The topological polar surface area (TPSA) is 35.5 Å². The molecule has 1 unspecified atom stereocenters. The number of fused-ring (bicyclic) bond motifs is 1. The Bertz CT molecular complexity index is 655. The third-order valence-corrected chi connectivity index (χ3v) is 4.75. The molecule has 0 aromatic heterocycles. The lowest BCUT2D eigenvalue weighted by Crippen LogP contribution is -2.19. The van der Waals surface area contributed by atoms with Crippen molar-refractivity contribution in [1.29, 1.82) is 0 Å². The quantitative estimate of drug-likeness (QED) is 0.785. The van der Waals surface area contributed by atoms with Crippen molar-refractivity contribution in [2.24, 2.45) is 0 Å². The van der Waals surface area contributed by atoms with Crippen LogP contribution in [0.25, 0.3) is 0 Å². The second-order valence-electron chi connectivity index (χ2n) is 5.03.